The van der Waals surface area contributed by atoms with E-state index >= 15 is 0 Å². The third kappa shape index (κ3) is 4.58. The van der Waals surface area contributed by atoms with E-state index in [1.807, 2.05) is 67.7 Å². The monoisotopic (exact) mass is 373 g/mol. The first-order valence-electron chi connectivity index (χ1n) is 9.72. The van der Waals surface area contributed by atoms with E-state index in [0.717, 1.165) is 17.9 Å². The molecule has 0 radical (unpaired) electrons. The standard InChI is InChI=1S/C24H27N3O/c1-4-26(22-13-9-6-10-14-22)24(28)21-15-23(17-25-16-21)27(19(2)3)18-20-11-7-5-8-12-20/h5-17,19H,4,18H2,1-3H3. The number of rotatable bonds is 7. The summed E-state index contributed by atoms with van der Waals surface area (Å²) in [7, 11) is 0. The van der Waals surface area contributed by atoms with Gasteiger partial charge in [-0.25, -0.2) is 0 Å². The molecule has 0 aliphatic rings. The number of carbonyl (C=O) groups excluding carboxylic acids is 1. The Labute approximate surface area is 167 Å². The van der Waals surface area contributed by atoms with Crippen molar-refractivity contribution in [1.82, 2.24) is 4.98 Å². The van der Waals surface area contributed by atoms with E-state index < -0.39 is 0 Å². The highest BCUT2D eigenvalue weighted by atomic mass is 16.2. The van der Waals surface area contributed by atoms with Crippen molar-refractivity contribution in [2.75, 3.05) is 16.3 Å². The number of hydrogen-bond donors (Lipinski definition) is 0. The van der Waals surface area contributed by atoms with Crippen LogP contribution in [0.15, 0.2) is 79.1 Å². The van der Waals surface area contributed by atoms with Gasteiger partial charge in [-0.15, -0.1) is 0 Å². The molecule has 1 aromatic heterocycles. The zero-order chi connectivity index (χ0) is 19.9. The highest BCUT2D eigenvalue weighted by molar-refractivity contribution is 6.06. The van der Waals surface area contributed by atoms with Gasteiger partial charge in [0.05, 0.1) is 17.4 Å². The summed E-state index contributed by atoms with van der Waals surface area (Å²) < 4.78 is 0. The van der Waals surface area contributed by atoms with Gasteiger partial charge in [0.15, 0.2) is 0 Å². The number of amides is 1. The number of pyridine rings is 1. The summed E-state index contributed by atoms with van der Waals surface area (Å²) in [4.78, 5) is 21.6. The molecule has 4 nitrogen and oxygen atoms in total. The Kier molecular flexibility index (Phi) is 6.43. The number of nitrogens with zero attached hydrogens (tertiary/aromatic N) is 3. The van der Waals surface area contributed by atoms with Crippen LogP contribution in [0.4, 0.5) is 11.4 Å². The van der Waals surface area contributed by atoms with Crippen molar-refractivity contribution in [3.05, 3.63) is 90.3 Å². The number of aromatic nitrogens is 1. The number of hydrogen-bond acceptors (Lipinski definition) is 3. The van der Waals surface area contributed by atoms with Crippen molar-refractivity contribution in [1.29, 1.82) is 0 Å². The van der Waals surface area contributed by atoms with Crippen LogP contribution >= 0.6 is 0 Å². The maximum atomic E-state index is 13.1. The molecule has 0 atom stereocenters. The lowest BCUT2D eigenvalue weighted by atomic mass is 10.1. The number of para-hydroxylation sites is 1. The molecule has 2 aromatic carbocycles. The highest BCUT2D eigenvalue weighted by Gasteiger charge is 2.19. The largest absolute Gasteiger partial charge is 0.364 e. The molecule has 0 N–H and O–H groups in total. The molecule has 3 rings (SSSR count). The minimum Gasteiger partial charge on any atom is -0.364 e. The number of benzene rings is 2. The molecule has 0 saturated carbocycles. The fraction of sp³-hybridized carbons (Fsp3) is 0.250. The summed E-state index contributed by atoms with van der Waals surface area (Å²) in [5.41, 5.74) is 3.67. The van der Waals surface area contributed by atoms with E-state index in [4.69, 9.17) is 0 Å². The van der Waals surface area contributed by atoms with Crippen molar-refractivity contribution < 1.29 is 4.79 Å². The van der Waals surface area contributed by atoms with Gasteiger partial charge in [-0.3, -0.25) is 9.78 Å². The van der Waals surface area contributed by atoms with E-state index in [1.165, 1.54) is 5.56 Å². The van der Waals surface area contributed by atoms with E-state index in [-0.39, 0.29) is 11.9 Å². The summed E-state index contributed by atoms with van der Waals surface area (Å²) in [6.07, 6.45) is 3.48. The van der Waals surface area contributed by atoms with Crippen LogP contribution in [0, 0.1) is 0 Å². The van der Waals surface area contributed by atoms with E-state index in [0.29, 0.717) is 12.1 Å². The minimum atomic E-state index is -0.0357. The Morgan fingerprint density at radius 1 is 0.929 bits per heavy atom. The van der Waals surface area contributed by atoms with Gasteiger partial charge in [-0.2, -0.15) is 0 Å². The molecule has 0 aliphatic carbocycles. The second-order valence-corrected chi connectivity index (χ2v) is 7.02. The molecule has 28 heavy (non-hydrogen) atoms. The van der Waals surface area contributed by atoms with Crippen LogP contribution in [0.25, 0.3) is 0 Å². The first-order valence-corrected chi connectivity index (χ1v) is 9.72. The average Bonchev–Trinajstić information content (AvgIpc) is 2.74. The normalized spacial score (nSPS) is 10.7. The lowest BCUT2D eigenvalue weighted by molar-refractivity contribution is 0.0988. The number of anilines is 2. The Morgan fingerprint density at radius 3 is 2.18 bits per heavy atom. The third-order valence-electron chi connectivity index (χ3n) is 4.75. The van der Waals surface area contributed by atoms with Gasteiger partial charge >= 0.3 is 0 Å². The van der Waals surface area contributed by atoms with Crippen LogP contribution in [0.1, 0.15) is 36.7 Å². The molecule has 1 heterocycles. The highest BCUT2D eigenvalue weighted by Crippen LogP contribution is 2.23. The summed E-state index contributed by atoms with van der Waals surface area (Å²) >= 11 is 0. The molecule has 0 unspecified atom stereocenters. The van der Waals surface area contributed by atoms with Crippen LogP contribution in [0.2, 0.25) is 0 Å². The number of carbonyl (C=O) groups is 1. The van der Waals surface area contributed by atoms with Gasteiger partial charge in [0.25, 0.3) is 5.91 Å². The van der Waals surface area contributed by atoms with Gasteiger partial charge in [0, 0.05) is 31.0 Å². The van der Waals surface area contributed by atoms with Gasteiger partial charge in [-0.05, 0) is 44.5 Å². The molecular weight excluding hydrogens is 346 g/mol. The first-order chi connectivity index (χ1) is 13.6. The quantitative estimate of drug-likeness (QED) is 0.574. The zero-order valence-corrected chi connectivity index (χ0v) is 16.7. The molecule has 0 saturated heterocycles. The van der Waals surface area contributed by atoms with Crippen molar-refractivity contribution >= 4 is 17.3 Å². The predicted octanol–water partition coefficient (Wildman–Crippen LogP) is 5.16. The zero-order valence-electron chi connectivity index (χ0n) is 16.7. The van der Waals surface area contributed by atoms with Gasteiger partial charge < -0.3 is 9.80 Å². The van der Waals surface area contributed by atoms with Gasteiger partial charge in [0.1, 0.15) is 0 Å². The van der Waals surface area contributed by atoms with Crippen molar-refractivity contribution in [2.45, 2.75) is 33.4 Å². The topological polar surface area (TPSA) is 36.4 Å². The molecule has 0 spiro atoms. The van der Waals surface area contributed by atoms with Crippen LogP contribution < -0.4 is 9.80 Å². The van der Waals surface area contributed by atoms with Crippen LogP contribution in [0.3, 0.4) is 0 Å². The molecule has 0 aliphatic heterocycles. The van der Waals surface area contributed by atoms with Crippen LogP contribution in [-0.2, 0) is 6.54 Å². The average molecular weight is 374 g/mol. The molecule has 3 aromatic rings. The summed E-state index contributed by atoms with van der Waals surface area (Å²) in [6, 6.07) is 22.3. The van der Waals surface area contributed by atoms with Gasteiger partial charge in [-0.1, -0.05) is 48.5 Å². The smallest absolute Gasteiger partial charge is 0.259 e. The molecule has 4 heteroatoms. The second kappa shape index (κ2) is 9.18. The van der Waals surface area contributed by atoms with E-state index in [1.54, 1.807) is 11.1 Å². The SMILES string of the molecule is CCN(C(=O)c1cncc(N(Cc2ccccc2)C(C)C)c1)c1ccccc1. The lowest BCUT2D eigenvalue weighted by Gasteiger charge is -2.29. The third-order valence-corrected chi connectivity index (χ3v) is 4.75. The fourth-order valence-electron chi connectivity index (χ4n) is 3.26. The summed E-state index contributed by atoms with van der Waals surface area (Å²) in [5, 5.41) is 0. The van der Waals surface area contributed by atoms with Crippen molar-refractivity contribution in [3.63, 3.8) is 0 Å². The van der Waals surface area contributed by atoms with Crippen LogP contribution in [0.5, 0.6) is 0 Å². The molecule has 1 amide bonds. The van der Waals surface area contributed by atoms with Crippen molar-refractivity contribution in [2.24, 2.45) is 0 Å². The summed E-state index contributed by atoms with van der Waals surface area (Å²) in [5.74, 6) is -0.0357. The first kappa shape index (κ1) is 19.6. The Balaban J connectivity index is 1.88. The second-order valence-electron chi connectivity index (χ2n) is 7.02. The van der Waals surface area contributed by atoms with E-state index in [9.17, 15) is 4.79 Å². The summed E-state index contributed by atoms with van der Waals surface area (Å²) in [6.45, 7) is 7.66. The molecule has 144 valence electrons. The minimum absolute atomic E-state index is 0.0357. The predicted molar refractivity (Wildman–Crippen MR) is 116 cm³/mol. The molecule has 0 bridgehead atoms. The van der Waals surface area contributed by atoms with E-state index in [2.05, 4.69) is 35.9 Å². The Bertz CT molecular complexity index is 894. The maximum Gasteiger partial charge on any atom is 0.259 e. The Hall–Kier alpha value is -3.14. The van der Waals surface area contributed by atoms with Gasteiger partial charge in [0.2, 0.25) is 0 Å². The van der Waals surface area contributed by atoms with Crippen molar-refractivity contribution in [3.8, 4) is 0 Å². The fourth-order valence-corrected chi connectivity index (χ4v) is 3.26. The molecule has 0 fully saturated rings. The lowest BCUT2D eigenvalue weighted by Crippen LogP contribution is -2.32. The maximum absolute atomic E-state index is 13.1. The van der Waals surface area contributed by atoms with Crippen LogP contribution in [-0.4, -0.2) is 23.5 Å². The Morgan fingerprint density at radius 2 is 1.57 bits per heavy atom. The molecular formula is C24H27N3O.